The first-order chi connectivity index (χ1) is 15.4. The maximum Gasteiger partial charge on any atom is 0.233 e. The minimum absolute atomic E-state index is 0.165. The molecule has 2 saturated heterocycles. The number of likely N-dealkylation sites (tertiary alicyclic amines) is 1. The summed E-state index contributed by atoms with van der Waals surface area (Å²) < 4.78 is 7.72. The van der Waals surface area contributed by atoms with Crippen LogP contribution < -0.4 is 0 Å². The summed E-state index contributed by atoms with van der Waals surface area (Å²) in [4.78, 5) is 17.3. The zero-order valence-electron chi connectivity index (χ0n) is 19.0. The molecule has 2 aliphatic heterocycles. The van der Waals surface area contributed by atoms with Crippen LogP contribution in [0.3, 0.4) is 0 Å². The largest absolute Gasteiger partial charge is 0.373 e. The lowest BCUT2D eigenvalue weighted by Gasteiger charge is -2.39. The number of piperidine rings is 1. The number of amides is 1. The van der Waals surface area contributed by atoms with E-state index in [1.54, 1.807) is 6.33 Å². The van der Waals surface area contributed by atoms with Gasteiger partial charge in [0.15, 0.2) is 5.16 Å². The molecule has 3 heterocycles. The Morgan fingerprint density at radius 3 is 2.62 bits per heavy atom. The van der Waals surface area contributed by atoms with Crippen molar-refractivity contribution >= 4 is 29.3 Å². The SMILES string of the molecule is Cc1ccc(-n2cnnc2SCC(=O)N2CCC(CN3CC(C)OC(C)C3)CC2)cc1Cl. The first kappa shape index (κ1) is 23.5. The van der Waals surface area contributed by atoms with Gasteiger partial charge in [-0.2, -0.15) is 0 Å². The van der Waals surface area contributed by atoms with Gasteiger partial charge in [0, 0.05) is 37.7 Å². The molecule has 0 radical (unpaired) electrons. The van der Waals surface area contributed by atoms with Gasteiger partial charge < -0.3 is 9.64 Å². The lowest BCUT2D eigenvalue weighted by molar-refractivity contribution is -0.130. The number of carbonyl (C=O) groups excluding carboxylic acids is 1. The van der Waals surface area contributed by atoms with Gasteiger partial charge in [0.05, 0.1) is 23.6 Å². The summed E-state index contributed by atoms with van der Waals surface area (Å²) in [5, 5.41) is 9.62. The minimum atomic E-state index is 0.165. The predicted molar refractivity (Wildman–Crippen MR) is 128 cm³/mol. The van der Waals surface area contributed by atoms with E-state index in [0.717, 1.165) is 56.8 Å². The van der Waals surface area contributed by atoms with E-state index < -0.39 is 0 Å². The van der Waals surface area contributed by atoms with Gasteiger partial charge in [-0.3, -0.25) is 14.3 Å². The van der Waals surface area contributed by atoms with Crippen molar-refractivity contribution in [1.82, 2.24) is 24.6 Å². The standard InChI is InChI=1S/C23H32ClN5O2S/c1-16-4-5-20(10-21(16)24)29-15-25-26-23(29)32-14-22(30)28-8-6-19(7-9-28)13-27-11-17(2)31-18(3)12-27/h4-5,10,15,17-19H,6-9,11-14H2,1-3H3. The summed E-state index contributed by atoms with van der Waals surface area (Å²) in [6, 6.07) is 5.85. The molecule has 0 saturated carbocycles. The summed E-state index contributed by atoms with van der Waals surface area (Å²) in [5.74, 6) is 1.18. The smallest absolute Gasteiger partial charge is 0.233 e. The second-order valence-corrected chi connectivity index (χ2v) is 10.4. The molecule has 1 aromatic heterocycles. The van der Waals surface area contributed by atoms with Crippen LogP contribution in [0, 0.1) is 12.8 Å². The number of benzene rings is 1. The van der Waals surface area contributed by atoms with Crippen LogP contribution in [-0.4, -0.2) is 81.2 Å². The molecule has 1 amide bonds. The van der Waals surface area contributed by atoms with E-state index in [4.69, 9.17) is 16.3 Å². The molecule has 2 aromatic rings. The third kappa shape index (κ3) is 5.84. The van der Waals surface area contributed by atoms with Crippen LogP contribution >= 0.6 is 23.4 Å². The Kier molecular flexibility index (Phi) is 7.76. The molecule has 0 spiro atoms. The van der Waals surface area contributed by atoms with Crippen molar-refractivity contribution in [2.24, 2.45) is 5.92 Å². The highest BCUT2D eigenvalue weighted by Crippen LogP contribution is 2.25. The van der Waals surface area contributed by atoms with Crippen molar-refractivity contribution in [2.75, 3.05) is 38.5 Å². The van der Waals surface area contributed by atoms with Crippen molar-refractivity contribution in [1.29, 1.82) is 0 Å². The molecule has 0 N–H and O–H groups in total. The van der Waals surface area contributed by atoms with Crippen LogP contribution in [0.2, 0.25) is 5.02 Å². The topological polar surface area (TPSA) is 63.5 Å². The molecule has 0 aliphatic carbocycles. The number of carbonyl (C=O) groups is 1. The number of nitrogens with zero attached hydrogens (tertiary/aromatic N) is 5. The van der Waals surface area contributed by atoms with Crippen molar-refractivity contribution in [3.05, 3.63) is 35.1 Å². The van der Waals surface area contributed by atoms with Crippen molar-refractivity contribution in [2.45, 2.75) is 51.0 Å². The summed E-state index contributed by atoms with van der Waals surface area (Å²) in [6.45, 7) is 11.1. The number of ether oxygens (including phenoxy) is 1. The summed E-state index contributed by atoms with van der Waals surface area (Å²) in [7, 11) is 0. The summed E-state index contributed by atoms with van der Waals surface area (Å²) in [6.07, 6.45) is 4.39. The van der Waals surface area contributed by atoms with Crippen LogP contribution in [0.15, 0.2) is 29.7 Å². The van der Waals surface area contributed by atoms with Gasteiger partial charge in [-0.25, -0.2) is 0 Å². The molecular formula is C23H32ClN5O2S. The van der Waals surface area contributed by atoms with Crippen LogP contribution in [0.5, 0.6) is 0 Å². The maximum absolute atomic E-state index is 12.8. The van der Waals surface area contributed by atoms with E-state index in [2.05, 4.69) is 28.9 Å². The first-order valence-electron chi connectivity index (χ1n) is 11.3. The second-order valence-electron chi connectivity index (χ2n) is 9.01. The highest BCUT2D eigenvalue weighted by Gasteiger charge is 2.28. The molecule has 7 nitrogen and oxygen atoms in total. The Balaban J connectivity index is 1.26. The number of hydrogen-bond donors (Lipinski definition) is 0. The number of aromatic nitrogens is 3. The second kappa shape index (κ2) is 10.5. The van der Waals surface area contributed by atoms with Crippen molar-refractivity contribution in [3.8, 4) is 5.69 Å². The van der Waals surface area contributed by atoms with Gasteiger partial charge in [-0.05, 0) is 57.2 Å². The molecule has 2 fully saturated rings. The molecular weight excluding hydrogens is 446 g/mol. The van der Waals surface area contributed by atoms with E-state index in [-0.39, 0.29) is 5.91 Å². The van der Waals surface area contributed by atoms with Gasteiger partial charge in [-0.1, -0.05) is 29.4 Å². The zero-order valence-corrected chi connectivity index (χ0v) is 20.6. The fraction of sp³-hybridized carbons (Fsp3) is 0.609. The van der Waals surface area contributed by atoms with Gasteiger partial charge >= 0.3 is 0 Å². The molecule has 2 atom stereocenters. The van der Waals surface area contributed by atoms with E-state index in [9.17, 15) is 4.79 Å². The fourth-order valence-corrected chi connectivity index (χ4v) is 5.62. The Labute approximate surface area is 199 Å². The number of morpholine rings is 1. The van der Waals surface area contributed by atoms with Gasteiger partial charge in [0.1, 0.15) is 6.33 Å². The zero-order chi connectivity index (χ0) is 22.7. The number of aryl methyl sites for hydroxylation is 1. The number of hydrogen-bond acceptors (Lipinski definition) is 6. The summed E-state index contributed by atoms with van der Waals surface area (Å²) >= 11 is 7.69. The molecule has 174 valence electrons. The Bertz CT molecular complexity index is 921. The molecule has 4 rings (SSSR count). The molecule has 1 aromatic carbocycles. The normalized spacial score (nSPS) is 22.9. The highest BCUT2D eigenvalue weighted by atomic mass is 35.5. The molecule has 0 bridgehead atoms. The van der Waals surface area contributed by atoms with E-state index >= 15 is 0 Å². The van der Waals surface area contributed by atoms with Crippen LogP contribution in [0.4, 0.5) is 0 Å². The molecule has 9 heteroatoms. The summed E-state index contributed by atoms with van der Waals surface area (Å²) in [5.41, 5.74) is 1.92. The Morgan fingerprint density at radius 2 is 1.94 bits per heavy atom. The van der Waals surface area contributed by atoms with Crippen LogP contribution in [0.1, 0.15) is 32.3 Å². The molecule has 32 heavy (non-hydrogen) atoms. The number of thioether (sulfide) groups is 1. The Hall–Kier alpha value is -1.61. The molecule has 2 aliphatic rings. The average Bonchev–Trinajstić information content (AvgIpc) is 3.22. The quantitative estimate of drug-likeness (QED) is 0.591. The number of halogens is 1. The van der Waals surface area contributed by atoms with E-state index in [0.29, 0.717) is 34.1 Å². The minimum Gasteiger partial charge on any atom is -0.373 e. The lowest BCUT2D eigenvalue weighted by Crippen LogP contribution is -2.48. The first-order valence-corrected chi connectivity index (χ1v) is 12.7. The van der Waals surface area contributed by atoms with Crippen molar-refractivity contribution in [3.63, 3.8) is 0 Å². The molecule has 2 unspecified atom stereocenters. The van der Waals surface area contributed by atoms with Crippen LogP contribution in [0.25, 0.3) is 5.69 Å². The van der Waals surface area contributed by atoms with E-state index in [1.807, 2.05) is 34.6 Å². The predicted octanol–water partition coefficient (Wildman–Crippen LogP) is 3.67. The Morgan fingerprint density at radius 1 is 1.22 bits per heavy atom. The third-order valence-electron chi connectivity index (χ3n) is 6.25. The average molecular weight is 478 g/mol. The highest BCUT2D eigenvalue weighted by molar-refractivity contribution is 7.99. The third-order valence-corrected chi connectivity index (χ3v) is 7.59. The fourth-order valence-electron chi connectivity index (χ4n) is 4.61. The maximum atomic E-state index is 12.8. The van der Waals surface area contributed by atoms with Crippen LogP contribution in [-0.2, 0) is 9.53 Å². The van der Waals surface area contributed by atoms with Gasteiger partial charge in [0.25, 0.3) is 0 Å². The number of rotatable bonds is 6. The van der Waals surface area contributed by atoms with Gasteiger partial charge in [0.2, 0.25) is 5.91 Å². The van der Waals surface area contributed by atoms with Gasteiger partial charge in [-0.15, -0.1) is 10.2 Å². The monoisotopic (exact) mass is 477 g/mol. The van der Waals surface area contributed by atoms with E-state index in [1.165, 1.54) is 11.8 Å². The van der Waals surface area contributed by atoms with Crippen molar-refractivity contribution < 1.29 is 9.53 Å². The lowest BCUT2D eigenvalue weighted by atomic mass is 9.95.